The van der Waals surface area contributed by atoms with Gasteiger partial charge in [0.05, 0.1) is 5.35 Å². The van der Waals surface area contributed by atoms with Gasteiger partial charge in [-0.15, -0.1) is 0 Å². The fourth-order valence-corrected chi connectivity index (χ4v) is 1.31. The standard InChI is InChI=1S/C10H7NO3/c12-7-3-1-6-2-4-8(10(13)14)11-9(6)5-7/h1-2,4-5H,3H2,(H,13,14). The van der Waals surface area contributed by atoms with E-state index in [-0.39, 0.29) is 11.5 Å². The van der Waals surface area contributed by atoms with Gasteiger partial charge in [-0.05, 0) is 11.3 Å². The van der Waals surface area contributed by atoms with E-state index in [4.69, 9.17) is 5.11 Å². The van der Waals surface area contributed by atoms with E-state index in [2.05, 4.69) is 4.98 Å². The van der Waals surface area contributed by atoms with Crippen molar-refractivity contribution in [3.63, 3.8) is 0 Å². The van der Waals surface area contributed by atoms with Gasteiger partial charge in [0.15, 0.2) is 5.78 Å². The minimum atomic E-state index is -1.08. The number of carboxylic acids is 1. The molecule has 0 spiro atoms. The van der Waals surface area contributed by atoms with Crippen LogP contribution in [0.15, 0.2) is 12.1 Å². The third-order valence-electron chi connectivity index (χ3n) is 2.00. The molecule has 1 N–H and O–H groups in total. The molecule has 1 aromatic heterocycles. The average Bonchev–Trinajstić information content (AvgIpc) is 2.16. The molecule has 70 valence electrons. The quantitative estimate of drug-likeness (QED) is 0.635. The summed E-state index contributed by atoms with van der Waals surface area (Å²) in [6.07, 6.45) is 3.49. The molecule has 0 amide bonds. The Morgan fingerprint density at radius 1 is 1.43 bits per heavy atom. The van der Waals surface area contributed by atoms with Gasteiger partial charge in [0, 0.05) is 12.5 Å². The highest BCUT2D eigenvalue weighted by molar-refractivity contribution is 6.08. The van der Waals surface area contributed by atoms with E-state index in [1.807, 2.05) is 0 Å². The van der Waals surface area contributed by atoms with E-state index in [1.54, 1.807) is 12.1 Å². The highest BCUT2D eigenvalue weighted by atomic mass is 16.4. The second-order valence-electron chi connectivity index (χ2n) is 3.00. The topological polar surface area (TPSA) is 67.3 Å². The van der Waals surface area contributed by atoms with Crippen LogP contribution in [-0.4, -0.2) is 21.8 Å². The summed E-state index contributed by atoms with van der Waals surface area (Å²) in [4.78, 5) is 25.5. The van der Waals surface area contributed by atoms with Crippen molar-refractivity contribution in [2.24, 2.45) is 0 Å². The normalized spacial score (nSPS) is 13.9. The largest absolute Gasteiger partial charge is 0.477 e. The Kier molecular flexibility index (Phi) is 1.89. The molecule has 2 rings (SSSR count). The number of ketones is 1. The van der Waals surface area contributed by atoms with E-state index in [9.17, 15) is 9.59 Å². The van der Waals surface area contributed by atoms with E-state index in [0.717, 1.165) is 5.22 Å². The second kappa shape index (κ2) is 3.06. The Balaban J connectivity index is 2.70. The Bertz CT molecular complexity index is 531. The first-order valence-electron chi connectivity index (χ1n) is 4.12. The van der Waals surface area contributed by atoms with Crippen LogP contribution in [0, 0.1) is 0 Å². The van der Waals surface area contributed by atoms with Crippen molar-refractivity contribution in [3.8, 4) is 0 Å². The van der Waals surface area contributed by atoms with Crippen LogP contribution in [0.5, 0.6) is 0 Å². The average molecular weight is 189 g/mol. The van der Waals surface area contributed by atoms with Gasteiger partial charge >= 0.3 is 5.97 Å². The summed E-state index contributed by atoms with van der Waals surface area (Å²) in [6.45, 7) is 0. The Morgan fingerprint density at radius 2 is 2.21 bits per heavy atom. The summed E-state index contributed by atoms with van der Waals surface area (Å²) >= 11 is 0. The van der Waals surface area contributed by atoms with Crippen LogP contribution >= 0.6 is 0 Å². The highest BCUT2D eigenvalue weighted by Crippen LogP contribution is 1.92. The molecule has 4 nitrogen and oxygen atoms in total. The molecule has 1 aliphatic carbocycles. The molecule has 0 fully saturated rings. The number of Topliss-reactive ketones (excluding diaryl/α,β-unsaturated/α-hetero) is 1. The summed E-state index contributed by atoms with van der Waals surface area (Å²) in [5.41, 5.74) is -0.0388. The van der Waals surface area contributed by atoms with Gasteiger partial charge in [-0.1, -0.05) is 12.1 Å². The van der Waals surface area contributed by atoms with Gasteiger partial charge in [0.1, 0.15) is 5.69 Å². The van der Waals surface area contributed by atoms with Crippen molar-refractivity contribution in [2.75, 3.05) is 0 Å². The van der Waals surface area contributed by atoms with Gasteiger partial charge in [0.25, 0.3) is 0 Å². The van der Waals surface area contributed by atoms with Crippen molar-refractivity contribution in [3.05, 3.63) is 28.4 Å². The maximum atomic E-state index is 11.0. The maximum absolute atomic E-state index is 11.0. The molecule has 0 bridgehead atoms. The van der Waals surface area contributed by atoms with Gasteiger partial charge < -0.3 is 5.11 Å². The molecule has 1 heterocycles. The number of aromatic nitrogens is 1. The highest BCUT2D eigenvalue weighted by Gasteiger charge is 2.06. The summed E-state index contributed by atoms with van der Waals surface area (Å²) in [7, 11) is 0. The molecule has 4 heteroatoms. The smallest absolute Gasteiger partial charge is 0.354 e. The lowest BCUT2D eigenvalue weighted by Crippen LogP contribution is -2.33. The minimum absolute atomic E-state index is 0.0388. The number of pyridine rings is 1. The summed E-state index contributed by atoms with van der Waals surface area (Å²) in [6, 6.07) is 3.09. The van der Waals surface area contributed by atoms with Gasteiger partial charge in [-0.3, -0.25) is 4.79 Å². The molecule has 14 heavy (non-hydrogen) atoms. The molecule has 0 unspecified atom stereocenters. The van der Waals surface area contributed by atoms with Crippen LogP contribution in [0.3, 0.4) is 0 Å². The van der Waals surface area contributed by atoms with Crippen LogP contribution in [0.2, 0.25) is 0 Å². The van der Waals surface area contributed by atoms with Crippen LogP contribution in [0.4, 0.5) is 0 Å². The van der Waals surface area contributed by atoms with Crippen LogP contribution in [0.1, 0.15) is 16.9 Å². The molecule has 0 radical (unpaired) electrons. The predicted molar refractivity (Wildman–Crippen MR) is 49.0 cm³/mol. The molecular formula is C10H7NO3. The number of hydrogen-bond acceptors (Lipinski definition) is 3. The monoisotopic (exact) mass is 189 g/mol. The SMILES string of the molecule is O=C1C=c2nc(C(=O)O)ccc2=CC1. The van der Waals surface area contributed by atoms with Crippen molar-refractivity contribution in [2.45, 2.75) is 6.42 Å². The van der Waals surface area contributed by atoms with Crippen LogP contribution in [-0.2, 0) is 4.79 Å². The number of rotatable bonds is 1. The lowest BCUT2D eigenvalue weighted by molar-refractivity contribution is -0.112. The molecule has 0 atom stereocenters. The van der Waals surface area contributed by atoms with Crippen LogP contribution < -0.4 is 10.6 Å². The van der Waals surface area contributed by atoms with Crippen molar-refractivity contribution < 1.29 is 14.7 Å². The number of carbonyl (C=O) groups is 2. The van der Waals surface area contributed by atoms with Crippen LogP contribution in [0.25, 0.3) is 12.2 Å². The molecular weight excluding hydrogens is 182 g/mol. The number of carbonyl (C=O) groups excluding carboxylic acids is 1. The van der Waals surface area contributed by atoms with Crippen molar-refractivity contribution in [1.29, 1.82) is 0 Å². The lowest BCUT2D eigenvalue weighted by atomic mass is 10.1. The first kappa shape index (κ1) is 8.62. The minimum Gasteiger partial charge on any atom is -0.477 e. The zero-order valence-corrected chi connectivity index (χ0v) is 7.23. The van der Waals surface area contributed by atoms with Crippen molar-refractivity contribution >= 4 is 23.9 Å². The first-order valence-corrected chi connectivity index (χ1v) is 4.12. The van der Waals surface area contributed by atoms with E-state index >= 15 is 0 Å². The molecule has 0 saturated carbocycles. The van der Waals surface area contributed by atoms with E-state index in [1.165, 1.54) is 12.1 Å². The molecule has 0 saturated heterocycles. The van der Waals surface area contributed by atoms with E-state index < -0.39 is 5.97 Å². The fourth-order valence-electron chi connectivity index (χ4n) is 1.31. The third-order valence-corrected chi connectivity index (χ3v) is 2.00. The molecule has 0 aromatic carbocycles. The Labute approximate surface area is 79.2 Å². The second-order valence-corrected chi connectivity index (χ2v) is 3.00. The maximum Gasteiger partial charge on any atom is 0.354 e. The fraction of sp³-hybridized carbons (Fsp3) is 0.100. The van der Waals surface area contributed by atoms with E-state index in [0.29, 0.717) is 11.8 Å². The predicted octanol–water partition coefficient (Wildman–Crippen LogP) is -0.686. The summed E-state index contributed by atoms with van der Waals surface area (Å²) < 4.78 is 0. The Hall–Kier alpha value is -1.97. The van der Waals surface area contributed by atoms with Crippen molar-refractivity contribution in [1.82, 2.24) is 4.98 Å². The number of nitrogens with zero attached hydrogens (tertiary/aromatic N) is 1. The zero-order valence-electron chi connectivity index (χ0n) is 7.23. The molecule has 1 aromatic rings. The number of hydrogen-bond donors (Lipinski definition) is 1. The molecule has 0 aliphatic heterocycles. The van der Waals surface area contributed by atoms with Gasteiger partial charge in [-0.2, -0.15) is 0 Å². The Morgan fingerprint density at radius 3 is 2.93 bits per heavy atom. The summed E-state index contributed by atoms with van der Waals surface area (Å²) in [5, 5.41) is 9.94. The zero-order chi connectivity index (χ0) is 10.1. The lowest BCUT2D eigenvalue weighted by Gasteiger charge is -1.99. The number of aromatic carboxylic acids is 1. The first-order chi connectivity index (χ1) is 6.66. The number of fused-ring (bicyclic) bond motifs is 1. The van der Waals surface area contributed by atoms with Gasteiger partial charge in [-0.25, -0.2) is 9.78 Å². The molecule has 1 aliphatic rings. The summed E-state index contributed by atoms with van der Waals surface area (Å²) in [5.74, 6) is -1.13. The van der Waals surface area contributed by atoms with Gasteiger partial charge in [0.2, 0.25) is 0 Å². The third kappa shape index (κ3) is 1.42. The number of carboxylic acid groups (broad SMARTS) is 1.